The molecular weight excluding hydrogens is 248 g/mol. The molecule has 0 bridgehead atoms. The summed E-state index contributed by atoms with van der Waals surface area (Å²) in [4.78, 5) is 18.6. The summed E-state index contributed by atoms with van der Waals surface area (Å²) in [7, 11) is 0. The number of Topliss-reactive ketones (excluding diaryl/α,β-unsaturated/α-hetero) is 1. The van der Waals surface area contributed by atoms with Crippen molar-refractivity contribution in [3.63, 3.8) is 0 Å². The maximum absolute atomic E-state index is 11.7. The van der Waals surface area contributed by atoms with Gasteiger partial charge in [-0.15, -0.1) is 0 Å². The predicted molar refractivity (Wildman–Crippen MR) is 81.2 cm³/mol. The summed E-state index contributed by atoms with van der Waals surface area (Å²) < 4.78 is 0. The highest BCUT2D eigenvalue weighted by Gasteiger charge is 2.33. The Bertz CT molecular complexity index is 466. The van der Waals surface area contributed by atoms with Gasteiger partial charge in [0.15, 0.2) is 5.78 Å². The van der Waals surface area contributed by atoms with Crippen LogP contribution in [-0.4, -0.2) is 23.4 Å². The molecule has 0 amide bonds. The van der Waals surface area contributed by atoms with E-state index in [1.165, 1.54) is 44.2 Å². The summed E-state index contributed by atoms with van der Waals surface area (Å²) in [5, 5.41) is 0. The Morgan fingerprint density at radius 1 is 1.25 bits per heavy atom. The van der Waals surface area contributed by atoms with Crippen molar-refractivity contribution in [1.29, 1.82) is 0 Å². The van der Waals surface area contributed by atoms with Crippen molar-refractivity contribution in [2.45, 2.75) is 57.9 Å². The average molecular weight is 272 g/mol. The number of hydrogen-bond donors (Lipinski definition) is 0. The molecule has 1 aliphatic carbocycles. The lowest BCUT2D eigenvalue weighted by Gasteiger charge is -2.45. The second kappa shape index (κ2) is 5.94. The van der Waals surface area contributed by atoms with E-state index in [1.54, 1.807) is 0 Å². The SMILES string of the molecule is CCC(=O)c1ccc(N2CCC[C@H]3CCCC[C@H]32)cn1. The van der Waals surface area contributed by atoms with Gasteiger partial charge in [0, 0.05) is 19.0 Å². The van der Waals surface area contributed by atoms with E-state index in [-0.39, 0.29) is 5.78 Å². The van der Waals surface area contributed by atoms with Crippen LogP contribution in [0.25, 0.3) is 0 Å². The molecule has 2 atom stereocenters. The molecule has 3 nitrogen and oxygen atoms in total. The third-order valence-corrected chi connectivity index (χ3v) is 4.93. The molecule has 1 aromatic rings. The van der Waals surface area contributed by atoms with Crippen LogP contribution in [0.15, 0.2) is 18.3 Å². The highest BCUT2D eigenvalue weighted by Crippen LogP contribution is 2.37. The molecule has 20 heavy (non-hydrogen) atoms. The number of rotatable bonds is 3. The zero-order valence-electron chi connectivity index (χ0n) is 12.3. The van der Waals surface area contributed by atoms with Gasteiger partial charge in [0.25, 0.3) is 0 Å². The summed E-state index contributed by atoms with van der Waals surface area (Å²) in [5.41, 5.74) is 1.81. The Morgan fingerprint density at radius 3 is 2.80 bits per heavy atom. The van der Waals surface area contributed by atoms with E-state index in [2.05, 4.69) is 16.0 Å². The van der Waals surface area contributed by atoms with Gasteiger partial charge in [-0.2, -0.15) is 0 Å². The lowest BCUT2D eigenvalue weighted by atomic mass is 9.78. The Labute approximate surface area is 121 Å². The zero-order valence-corrected chi connectivity index (χ0v) is 12.3. The molecule has 1 aliphatic heterocycles. The average Bonchev–Trinajstić information content (AvgIpc) is 2.54. The van der Waals surface area contributed by atoms with Gasteiger partial charge in [0.2, 0.25) is 0 Å². The normalized spacial score (nSPS) is 26.1. The third kappa shape index (κ3) is 2.58. The monoisotopic (exact) mass is 272 g/mol. The van der Waals surface area contributed by atoms with Gasteiger partial charge in [0.05, 0.1) is 11.9 Å². The van der Waals surface area contributed by atoms with Crippen LogP contribution in [-0.2, 0) is 0 Å². The maximum Gasteiger partial charge on any atom is 0.180 e. The number of ketones is 1. The fourth-order valence-corrected chi connectivity index (χ4v) is 3.85. The largest absolute Gasteiger partial charge is 0.367 e. The van der Waals surface area contributed by atoms with Crippen LogP contribution in [0.3, 0.4) is 0 Å². The van der Waals surface area contributed by atoms with Crippen molar-refractivity contribution in [1.82, 2.24) is 4.98 Å². The summed E-state index contributed by atoms with van der Waals surface area (Å²) in [6.07, 6.45) is 10.6. The van der Waals surface area contributed by atoms with E-state index in [0.717, 1.165) is 12.5 Å². The van der Waals surface area contributed by atoms with Gasteiger partial charge in [-0.1, -0.05) is 19.8 Å². The Kier molecular flexibility index (Phi) is 4.04. The lowest BCUT2D eigenvalue weighted by molar-refractivity contribution is 0.0983. The first-order chi connectivity index (χ1) is 9.79. The fourth-order valence-electron chi connectivity index (χ4n) is 3.85. The minimum Gasteiger partial charge on any atom is -0.367 e. The number of pyridine rings is 1. The molecule has 1 aromatic heterocycles. The highest BCUT2D eigenvalue weighted by molar-refractivity contribution is 5.94. The number of aromatic nitrogens is 1. The maximum atomic E-state index is 11.7. The van der Waals surface area contributed by atoms with Crippen molar-refractivity contribution in [3.05, 3.63) is 24.0 Å². The molecule has 1 saturated heterocycles. The van der Waals surface area contributed by atoms with Crippen LogP contribution in [0.2, 0.25) is 0 Å². The molecule has 0 radical (unpaired) electrons. The summed E-state index contributed by atoms with van der Waals surface area (Å²) in [5.74, 6) is 1.00. The highest BCUT2D eigenvalue weighted by atomic mass is 16.1. The second-order valence-corrected chi connectivity index (χ2v) is 6.13. The smallest absolute Gasteiger partial charge is 0.180 e. The molecule has 0 aromatic carbocycles. The van der Waals surface area contributed by atoms with Crippen molar-refractivity contribution in [2.24, 2.45) is 5.92 Å². The number of hydrogen-bond acceptors (Lipinski definition) is 3. The lowest BCUT2D eigenvalue weighted by Crippen LogP contribution is -2.46. The fraction of sp³-hybridized carbons (Fsp3) is 0.647. The number of piperidine rings is 1. The van der Waals surface area contributed by atoms with Crippen LogP contribution in [0.4, 0.5) is 5.69 Å². The molecule has 2 heterocycles. The van der Waals surface area contributed by atoms with E-state index in [0.29, 0.717) is 18.2 Å². The van der Waals surface area contributed by atoms with Gasteiger partial charge in [-0.3, -0.25) is 9.78 Å². The molecular formula is C17H24N2O. The first-order valence-electron chi connectivity index (χ1n) is 8.05. The van der Waals surface area contributed by atoms with E-state index >= 15 is 0 Å². The molecule has 108 valence electrons. The van der Waals surface area contributed by atoms with Gasteiger partial charge < -0.3 is 4.90 Å². The predicted octanol–water partition coefficient (Wildman–Crippen LogP) is 3.83. The standard InChI is InChI=1S/C17H24N2O/c1-2-17(20)15-10-9-14(12-18-15)19-11-5-7-13-6-3-4-8-16(13)19/h9-10,12-13,16H,2-8,11H2,1H3/t13-,16-/m1/s1. The molecule has 1 saturated carbocycles. The number of nitrogens with zero attached hydrogens (tertiary/aromatic N) is 2. The quantitative estimate of drug-likeness (QED) is 0.784. The number of fused-ring (bicyclic) bond motifs is 1. The van der Waals surface area contributed by atoms with Gasteiger partial charge in [-0.05, 0) is 43.7 Å². The van der Waals surface area contributed by atoms with Gasteiger partial charge >= 0.3 is 0 Å². The Hall–Kier alpha value is -1.38. The van der Waals surface area contributed by atoms with Gasteiger partial charge in [-0.25, -0.2) is 0 Å². The molecule has 0 spiro atoms. The number of anilines is 1. The first kappa shape index (κ1) is 13.6. The minimum atomic E-state index is 0.130. The zero-order chi connectivity index (χ0) is 13.9. The van der Waals surface area contributed by atoms with Crippen LogP contribution >= 0.6 is 0 Å². The molecule has 3 heteroatoms. The van der Waals surface area contributed by atoms with Gasteiger partial charge in [0.1, 0.15) is 5.69 Å². The Balaban J connectivity index is 1.78. The first-order valence-corrected chi connectivity index (χ1v) is 8.05. The van der Waals surface area contributed by atoms with Crippen LogP contribution < -0.4 is 4.90 Å². The number of carbonyl (C=O) groups excluding carboxylic acids is 1. The summed E-state index contributed by atoms with van der Waals surface area (Å²) in [6.45, 7) is 3.03. The molecule has 2 fully saturated rings. The van der Waals surface area contributed by atoms with Crippen LogP contribution in [0.5, 0.6) is 0 Å². The van der Waals surface area contributed by atoms with Crippen molar-refractivity contribution in [2.75, 3.05) is 11.4 Å². The van der Waals surface area contributed by atoms with E-state index in [1.807, 2.05) is 19.2 Å². The summed E-state index contributed by atoms with van der Waals surface area (Å²) in [6, 6.07) is 4.69. The molecule has 0 N–H and O–H groups in total. The second-order valence-electron chi connectivity index (χ2n) is 6.13. The summed E-state index contributed by atoms with van der Waals surface area (Å²) >= 11 is 0. The minimum absolute atomic E-state index is 0.130. The van der Waals surface area contributed by atoms with E-state index in [9.17, 15) is 4.79 Å². The van der Waals surface area contributed by atoms with E-state index in [4.69, 9.17) is 0 Å². The third-order valence-electron chi connectivity index (χ3n) is 4.93. The van der Waals surface area contributed by atoms with Crippen LogP contribution in [0, 0.1) is 5.92 Å². The van der Waals surface area contributed by atoms with E-state index < -0.39 is 0 Å². The molecule has 0 unspecified atom stereocenters. The van der Waals surface area contributed by atoms with Crippen molar-refractivity contribution in [3.8, 4) is 0 Å². The van der Waals surface area contributed by atoms with Crippen molar-refractivity contribution >= 4 is 11.5 Å². The Morgan fingerprint density at radius 2 is 2.05 bits per heavy atom. The molecule has 3 rings (SSSR count). The number of carbonyl (C=O) groups is 1. The molecule has 2 aliphatic rings. The van der Waals surface area contributed by atoms with Crippen molar-refractivity contribution < 1.29 is 4.79 Å². The topological polar surface area (TPSA) is 33.2 Å². The van der Waals surface area contributed by atoms with Crippen LogP contribution in [0.1, 0.15) is 62.4 Å².